The first-order chi connectivity index (χ1) is 12.9. The second-order valence-electron chi connectivity index (χ2n) is 6.00. The van der Waals surface area contributed by atoms with Crippen molar-refractivity contribution in [3.63, 3.8) is 0 Å². The molecule has 3 rings (SSSR count). The van der Waals surface area contributed by atoms with Crippen LogP contribution < -0.4 is 5.32 Å². The van der Waals surface area contributed by atoms with E-state index in [1.165, 1.54) is 6.07 Å². The van der Waals surface area contributed by atoms with Gasteiger partial charge in [-0.1, -0.05) is 36.4 Å². The molecule has 1 fully saturated rings. The molecule has 0 radical (unpaired) electrons. The van der Waals surface area contributed by atoms with Crippen LogP contribution in [0.3, 0.4) is 0 Å². The Labute approximate surface area is 153 Å². The Hall–Kier alpha value is -3.29. The lowest BCUT2D eigenvalue weighted by molar-refractivity contribution is -0.127. The summed E-state index contributed by atoms with van der Waals surface area (Å²) >= 11 is 0. The summed E-state index contributed by atoms with van der Waals surface area (Å²) in [4.78, 5) is 36.8. The van der Waals surface area contributed by atoms with Crippen molar-refractivity contribution in [2.45, 2.75) is 12.5 Å². The fourth-order valence-corrected chi connectivity index (χ4v) is 2.74. The molecule has 0 aliphatic carbocycles. The molecule has 140 valence electrons. The summed E-state index contributed by atoms with van der Waals surface area (Å²) in [6.45, 7) is -0.450. The zero-order valence-corrected chi connectivity index (χ0v) is 14.2. The van der Waals surface area contributed by atoms with Crippen molar-refractivity contribution in [1.82, 2.24) is 10.2 Å². The van der Waals surface area contributed by atoms with Crippen molar-refractivity contribution < 1.29 is 27.9 Å². The van der Waals surface area contributed by atoms with Crippen molar-refractivity contribution in [3.8, 4) is 0 Å². The predicted molar refractivity (Wildman–Crippen MR) is 90.4 cm³/mol. The number of carbonyl (C=O) groups excluding carboxylic acids is 3. The third kappa shape index (κ3) is 4.46. The van der Waals surface area contributed by atoms with Gasteiger partial charge in [-0.3, -0.25) is 9.59 Å². The van der Waals surface area contributed by atoms with Gasteiger partial charge >= 0.3 is 6.09 Å². The number of hydrogen-bond acceptors (Lipinski definition) is 4. The van der Waals surface area contributed by atoms with E-state index in [-0.39, 0.29) is 25.1 Å². The molecule has 0 saturated carbocycles. The maximum atomic E-state index is 13.8. The molecule has 0 spiro atoms. The molecule has 27 heavy (non-hydrogen) atoms. The number of carbonyl (C=O) groups is 3. The molecule has 0 bridgehead atoms. The van der Waals surface area contributed by atoms with Gasteiger partial charge in [-0.25, -0.2) is 18.5 Å². The number of amides is 3. The molecule has 8 heteroatoms. The van der Waals surface area contributed by atoms with Gasteiger partial charge in [-0.05, 0) is 17.2 Å². The maximum Gasteiger partial charge on any atom is 0.417 e. The molecule has 1 saturated heterocycles. The van der Waals surface area contributed by atoms with Crippen LogP contribution in [0.2, 0.25) is 0 Å². The highest BCUT2D eigenvalue weighted by molar-refractivity contribution is 5.97. The van der Waals surface area contributed by atoms with E-state index in [9.17, 15) is 23.2 Å². The highest BCUT2D eigenvalue weighted by Gasteiger charge is 2.33. The number of nitrogens with one attached hydrogen (secondary N) is 1. The van der Waals surface area contributed by atoms with Gasteiger partial charge in [-0.2, -0.15) is 0 Å². The monoisotopic (exact) mass is 374 g/mol. The summed E-state index contributed by atoms with van der Waals surface area (Å²) in [6.07, 6.45) is -1.09. The van der Waals surface area contributed by atoms with E-state index >= 15 is 0 Å². The van der Waals surface area contributed by atoms with Gasteiger partial charge in [0.1, 0.15) is 11.6 Å². The number of rotatable bonds is 6. The number of hydrogen-bond donors (Lipinski definition) is 1. The Balaban J connectivity index is 1.75. The first kappa shape index (κ1) is 18.5. The Morgan fingerprint density at radius 1 is 1.15 bits per heavy atom. The largest absolute Gasteiger partial charge is 0.439 e. The Morgan fingerprint density at radius 2 is 1.89 bits per heavy atom. The third-order valence-electron chi connectivity index (χ3n) is 4.11. The van der Waals surface area contributed by atoms with Crippen molar-refractivity contribution in [1.29, 1.82) is 0 Å². The van der Waals surface area contributed by atoms with Crippen LogP contribution in [-0.2, 0) is 20.7 Å². The highest BCUT2D eigenvalue weighted by atomic mass is 19.1. The van der Waals surface area contributed by atoms with Crippen molar-refractivity contribution in [3.05, 3.63) is 71.3 Å². The summed E-state index contributed by atoms with van der Waals surface area (Å²) in [7, 11) is 0. The van der Waals surface area contributed by atoms with Crippen LogP contribution in [0.15, 0.2) is 48.5 Å². The second kappa shape index (κ2) is 7.94. The molecule has 0 aromatic heterocycles. The Kier molecular flexibility index (Phi) is 5.44. The first-order valence-electron chi connectivity index (χ1n) is 8.19. The SMILES string of the molecule is O=C(Cc1ccc(F)cc1F)NC(CN1C(=O)COC1=O)c1ccccc1. The summed E-state index contributed by atoms with van der Waals surface area (Å²) in [5, 5.41) is 2.69. The van der Waals surface area contributed by atoms with E-state index in [1.807, 2.05) is 0 Å². The number of cyclic esters (lactones) is 1. The van der Waals surface area contributed by atoms with E-state index in [1.54, 1.807) is 30.3 Å². The third-order valence-corrected chi connectivity index (χ3v) is 4.11. The molecule has 2 aromatic carbocycles. The molecule has 6 nitrogen and oxygen atoms in total. The minimum atomic E-state index is -0.820. The predicted octanol–water partition coefficient (Wildman–Crippen LogP) is 2.34. The molecule has 1 N–H and O–H groups in total. The van der Waals surface area contributed by atoms with E-state index < -0.39 is 35.6 Å². The maximum absolute atomic E-state index is 13.8. The fourth-order valence-electron chi connectivity index (χ4n) is 2.74. The number of halogens is 2. The minimum absolute atomic E-state index is 0.0392. The fraction of sp³-hybridized carbons (Fsp3) is 0.211. The quantitative estimate of drug-likeness (QED) is 0.842. The van der Waals surface area contributed by atoms with Gasteiger partial charge in [0.15, 0.2) is 6.61 Å². The topological polar surface area (TPSA) is 75.7 Å². The number of imide groups is 1. The van der Waals surface area contributed by atoms with Gasteiger partial charge in [-0.15, -0.1) is 0 Å². The zero-order chi connectivity index (χ0) is 19.4. The molecule has 1 aliphatic rings. The van der Waals surface area contributed by atoms with Gasteiger partial charge < -0.3 is 10.1 Å². The van der Waals surface area contributed by atoms with Crippen LogP contribution in [0.4, 0.5) is 13.6 Å². The van der Waals surface area contributed by atoms with E-state index in [0.717, 1.165) is 11.0 Å². The summed E-state index contributed by atoms with van der Waals surface area (Å²) in [6, 6.07) is 11.0. The smallest absolute Gasteiger partial charge is 0.417 e. The first-order valence-corrected chi connectivity index (χ1v) is 8.19. The van der Waals surface area contributed by atoms with E-state index in [0.29, 0.717) is 11.6 Å². The average molecular weight is 374 g/mol. The van der Waals surface area contributed by atoms with Crippen LogP contribution >= 0.6 is 0 Å². The zero-order valence-electron chi connectivity index (χ0n) is 14.2. The van der Waals surface area contributed by atoms with Crippen LogP contribution in [0.5, 0.6) is 0 Å². The molecule has 1 heterocycles. The van der Waals surface area contributed by atoms with Gasteiger partial charge in [0, 0.05) is 6.07 Å². The van der Waals surface area contributed by atoms with Gasteiger partial charge in [0.05, 0.1) is 19.0 Å². The van der Waals surface area contributed by atoms with Crippen molar-refractivity contribution >= 4 is 17.9 Å². The van der Waals surface area contributed by atoms with Crippen LogP contribution in [0.25, 0.3) is 0 Å². The van der Waals surface area contributed by atoms with Crippen LogP contribution in [0, 0.1) is 11.6 Å². The minimum Gasteiger partial charge on any atom is -0.439 e. The van der Waals surface area contributed by atoms with Gasteiger partial charge in [0.2, 0.25) is 5.91 Å². The summed E-state index contributed by atoms with van der Waals surface area (Å²) in [5.41, 5.74) is 0.704. The van der Waals surface area contributed by atoms with E-state index in [2.05, 4.69) is 10.1 Å². The number of ether oxygens (including phenoxy) is 1. The lowest BCUT2D eigenvalue weighted by Gasteiger charge is -2.23. The van der Waals surface area contributed by atoms with Crippen molar-refractivity contribution in [2.75, 3.05) is 13.2 Å². The summed E-state index contributed by atoms with van der Waals surface area (Å²) in [5.74, 6) is -2.58. The van der Waals surface area contributed by atoms with Crippen LogP contribution in [0.1, 0.15) is 17.2 Å². The second-order valence-corrected chi connectivity index (χ2v) is 6.00. The average Bonchev–Trinajstić information content (AvgIpc) is 2.96. The standard InChI is InChI=1S/C19H16F2N2O4/c20-14-7-6-13(15(21)9-14)8-17(24)22-16(12-4-2-1-3-5-12)10-23-18(25)11-27-19(23)26/h1-7,9,16H,8,10-11H2,(H,22,24). The molecule has 1 aliphatic heterocycles. The molecule has 1 atom stereocenters. The Bertz CT molecular complexity index is 857. The molecular weight excluding hydrogens is 358 g/mol. The van der Waals surface area contributed by atoms with Gasteiger partial charge in [0.25, 0.3) is 5.91 Å². The summed E-state index contributed by atoms with van der Waals surface area (Å²) < 4.78 is 31.4. The lowest BCUT2D eigenvalue weighted by Crippen LogP contribution is -2.40. The normalized spacial score (nSPS) is 14.8. The molecular formula is C19H16F2N2O4. The Morgan fingerprint density at radius 3 is 2.52 bits per heavy atom. The van der Waals surface area contributed by atoms with E-state index in [4.69, 9.17) is 0 Å². The molecule has 3 amide bonds. The number of nitrogens with zero attached hydrogens (tertiary/aromatic N) is 1. The molecule has 1 unspecified atom stereocenters. The number of benzene rings is 2. The molecule has 2 aromatic rings. The van der Waals surface area contributed by atoms with Crippen LogP contribution in [-0.4, -0.2) is 36.0 Å². The highest BCUT2D eigenvalue weighted by Crippen LogP contribution is 2.18. The van der Waals surface area contributed by atoms with Crippen molar-refractivity contribution in [2.24, 2.45) is 0 Å². The lowest BCUT2D eigenvalue weighted by atomic mass is 10.1.